The molecule has 86 valence electrons. The van der Waals surface area contributed by atoms with Crippen molar-refractivity contribution < 1.29 is 17.9 Å². The van der Waals surface area contributed by atoms with E-state index in [1.54, 1.807) is 0 Å². The van der Waals surface area contributed by atoms with Crippen molar-refractivity contribution in [1.82, 2.24) is 0 Å². The number of nitrogens with zero attached hydrogens (tertiary/aromatic N) is 1. The molecule has 0 spiro atoms. The molecule has 0 saturated carbocycles. The number of rotatable bonds is 3. The standard InChI is InChI=1S/C10H11NO4S/c1-14-8-5-10(16(3,12)13)9(15-2)4-7(8)6-11/h4-5H,1-3H3. The molecule has 0 radical (unpaired) electrons. The van der Waals surface area contributed by atoms with Gasteiger partial charge in [-0.2, -0.15) is 5.26 Å². The van der Waals surface area contributed by atoms with Gasteiger partial charge in [-0.3, -0.25) is 0 Å². The van der Waals surface area contributed by atoms with Crippen LogP contribution in [0.2, 0.25) is 0 Å². The summed E-state index contributed by atoms with van der Waals surface area (Å²) in [4.78, 5) is 0.00542. The van der Waals surface area contributed by atoms with Gasteiger partial charge in [-0.25, -0.2) is 8.42 Å². The van der Waals surface area contributed by atoms with Gasteiger partial charge in [-0.15, -0.1) is 0 Å². The Hall–Kier alpha value is -1.74. The summed E-state index contributed by atoms with van der Waals surface area (Å²) in [6, 6.07) is 4.53. The minimum Gasteiger partial charge on any atom is -0.495 e. The van der Waals surface area contributed by atoms with Crippen molar-refractivity contribution >= 4 is 9.84 Å². The van der Waals surface area contributed by atoms with E-state index in [2.05, 4.69) is 0 Å². The third-order valence-electron chi connectivity index (χ3n) is 2.01. The highest BCUT2D eigenvalue weighted by molar-refractivity contribution is 7.90. The molecule has 0 heterocycles. The summed E-state index contributed by atoms with van der Waals surface area (Å²) >= 11 is 0. The Morgan fingerprint density at radius 2 is 1.75 bits per heavy atom. The molecule has 0 aliphatic heterocycles. The van der Waals surface area contributed by atoms with E-state index in [0.29, 0.717) is 0 Å². The van der Waals surface area contributed by atoms with Crippen molar-refractivity contribution in [3.05, 3.63) is 17.7 Å². The molecule has 5 nitrogen and oxygen atoms in total. The zero-order valence-corrected chi connectivity index (χ0v) is 9.96. The van der Waals surface area contributed by atoms with Crippen molar-refractivity contribution in [3.63, 3.8) is 0 Å². The molecular weight excluding hydrogens is 230 g/mol. The second-order valence-electron chi connectivity index (χ2n) is 3.09. The smallest absolute Gasteiger partial charge is 0.179 e. The Labute approximate surface area is 94.1 Å². The van der Waals surface area contributed by atoms with Crippen molar-refractivity contribution in [2.45, 2.75) is 4.90 Å². The number of ether oxygens (including phenoxy) is 2. The molecule has 0 N–H and O–H groups in total. The molecule has 1 aromatic carbocycles. The summed E-state index contributed by atoms with van der Waals surface area (Å²) < 4.78 is 32.8. The van der Waals surface area contributed by atoms with Crippen LogP contribution in [0.15, 0.2) is 17.0 Å². The quantitative estimate of drug-likeness (QED) is 0.788. The van der Waals surface area contributed by atoms with Crippen LogP contribution in [0.5, 0.6) is 11.5 Å². The molecule has 6 heteroatoms. The molecule has 0 unspecified atom stereocenters. The monoisotopic (exact) mass is 241 g/mol. The fraction of sp³-hybridized carbons (Fsp3) is 0.300. The van der Waals surface area contributed by atoms with Gasteiger partial charge in [0.2, 0.25) is 0 Å². The predicted octanol–water partition coefficient (Wildman–Crippen LogP) is 0.979. The summed E-state index contributed by atoms with van der Waals surface area (Å²) in [7, 11) is -0.703. The first kappa shape index (κ1) is 12.3. The third-order valence-corrected chi connectivity index (χ3v) is 3.12. The number of hydrogen-bond acceptors (Lipinski definition) is 5. The molecule has 0 fully saturated rings. The second-order valence-corrected chi connectivity index (χ2v) is 5.07. The molecule has 0 atom stereocenters. The number of hydrogen-bond donors (Lipinski definition) is 0. The van der Waals surface area contributed by atoms with Crippen LogP contribution in [0.25, 0.3) is 0 Å². The van der Waals surface area contributed by atoms with Crippen LogP contribution in [-0.2, 0) is 9.84 Å². The maximum atomic E-state index is 11.5. The summed E-state index contributed by atoms with van der Waals surface area (Å²) in [6.45, 7) is 0. The largest absolute Gasteiger partial charge is 0.495 e. The lowest BCUT2D eigenvalue weighted by Crippen LogP contribution is -2.02. The van der Waals surface area contributed by atoms with Gasteiger partial charge in [0.25, 0.3) is 0 Å². The van der Waals surface area contributed by atoms with E-state index >= 15 is 0 Å². The summed E-state index contributed by atoms with van der Waals surface area (Å²) in [5, 5.41) is 8.83. The molecule has 16 heavy (non-hydrogen) atoms. The van der Waals surface area contributed by atoms with E-state index in [4.69, 9.17) is 14.7 Å². The first-order valence-corrected chi connectivity index (χ1v) is 6.19. The van der Waals surface area contributed by atoms with Crippen molar-refractivity contribution in [3.8, 4) is 17.6 Å². The average molecular weight is 241 g/mol. The van der Waals surface area contributed by atoms with Crippen LogP contribution in [-0.4, -0.2) is 28.9 Å². The van der Waals surface area contributed by atoms with Crippen LogP contribution in [0, 0.1) is 11.3 Å². The fourth-order valence-corrected chi connectivity index (χ4v) is 2.08. The molecule has 1 rings (SSSR count). The SMILES string of the molecule is COc1cc(S(C)(=O)=O)c(OC)cc1C#N. The van der Waals surface area contributed by atoms with E-state index in [9.17, 15) is 8.42 Å². The molecule has 0 amide bonds. The van der Waals surface area contributed by atoms with Crippen molar-refractivity contribution in [2.75, 3.05) is 20.5 Å². The van der Waals surface area contributed by atoms with Gasteiger partial charge >= 0.3 is 0 Å². The van der Waals surface area contributed by atoms with Gasteiger partial charge in [0.15, 0.2) is 9.84 Å². The number of methoxy groups -OCH3 is 2. The molecular formula is C10H11NO4S. The zero-order chi connectivity index (χ0) is 12.3. The Balaban J connectivity index is 3.58. The maximum absolute atomic E-state index is 11.5. The highest BCUT2D eigenvalue weighted by Crippen LogP contribution is 2.31. The van der Waals surface area contributed by atoms with Gasteiger partial charge in [0.05, 0.1) is 19.8 Å². The van der Waals surface area contributed by atoms with Crippen LogP contribution < -0.4 is 9.47 Å². The number of benzene rings is 1. The summed E-state index contributed by atoms with van der Waals surface area (Å²) in [5.41, 5.74) is 0.228. The highest BCUT2D eigenvalue weighted by Gasteiger charge is 2.18. The Bertz CT molecular complexity index is 543. The van der Waals surface area contributed by atoms with Crippen LogP contribution in [0.1, 0.15) is 5.56 Å². The average Bonchev–Trinajstić information content (AvgIpc) is 2.25. The normalized spacial score (nSPS) is 10.6. The Morgan fingerprint density at radius 3 is 2.12 bits per heavy atom. The highest BCUT2D eigenvalue weighted by atomic mass is 32.2. The molecule has 0 aliphatic rings. The molecule has 0 saturated heterocycles. The summed E-state index contributed by atoms with van der Waals surface area (Å²) in [6.07, 6.45) is 1.07. The lowest BCUT2D eigenvalue weighted by Gasteiger charge is -2.10. The predicted molar refractivity (Wildman–Crippen MR) is 57.4 cm³/mol. The minimum absolute atomic E-state index is 0.00542. The van der Waals surface area contributed by atoms with Crippen molar-refractivity contribution in [1.29, 1.82) is 5.26 Å². The van der Waals surface area contributed by atoms with Crippen LogP contribution in [0.4, 0.5) is 0 Å². The minimum atomic E-state index is -3.42. The van der Waals surface area contributed by atoms with E-state index in [0.717, 1.165) is 6.26 Å². The molecule has 0 aliphatic carbocycles. The van der Waals surface area contributed by atoms with Crippen LogP contribution >= 0.6 is 0 Å². The number of sulfone groups is 1. The summed E-state index contributed by atoms with van der Waals surface area (Å²) in [5.74, 6) is 0.351. The molecule has 0 aromatic heterocycles. The van der Waals surface area contributed by atoms with E-state index < -0.39 is 9.84 Å². The van der Waals surface area contributed by atoms with E-state index in [1.165, 1.54) is 26.4 Å². The second kappa shape index (κ2) is 4.41. The Kier molecular flexibility index (Phi) is 3.40. The zero-order valence-electron chi connectivity index (χ0n) is 9.14. The third kappa shape index (κ3) is 2.25. The molecule has 1 aromatic rings. The van der Waals surface area contributed by atoms with Gasteiger partial charge in [-0.05, 0) is 0 Å². The van der Waals surface area contributed by atoms with E-state index in [-0.39, 0.29) is 22.0 Å². The fourth-order valence-electron chi connectivity index (χ4n) is 1.25. The van der Waals surface area contributed by atoms with Gasteiger partial charge in [0.1, 0.15) is 22.5 Å². The first-order valence-electron chi connectivity index (χ1n) is 4.30. The first-order chi connectivity index (χ1) is 7.43. The van der Waals surface area contributed by atoms with Gasteiger partial charge in [0, 0.05) is 18.4 Å². The maximum Gasteiger partial charge on any atom is 0.179 e. The van der Waals surface area contributed by atoms with Gasteiger partial charge in [-0.1, -0.05) is 0 Å². The number of nitriles is 1. The lowest BCUT2D eigenvalue weighted by molar-refractivity contribution is 0.391. The molecule has 0 bridgehead atoms. The van der Waals surface area contributed by atoms with Crippen LogP contribution in [0.3, 0.4) is 0 Å². The lowest BCUT2D eigenvalue weighted by atomic mass is 10.2. The Morgan fingerprint density at radius 1 is 1.19 bits per heavy atom. The topological polar surface area (TPSA) is 76.4 Å². The van der Waals surface area contributed by atoms with Crippen molar-refractivity contribution in [2.24, 2.45) is 0 Å². The van der Waals surface area contributed by atoms with Gasteiger partial charge < -0.3 is 9.47 Å². The van der Waals surface area contributed by atoms with E-state index in [1.807, 2.05) is 6.07 Å².